The first-order valence-electron chi connectivity index (χ1n) is 8.32. The Kier molecular flexibility index (Phi) is 5.73. The molecular formula is C18H20N4O3S2. The van der Waals surface area contributed by atoms with Crippen LogP contribution in [0.1, 0.15) is 15.9 Å². The van der Waals surface area contributed by atoms with E-state index >= 15 is 0 Å². The summed E-state index contributed by atoms with van der Waals surface area (Å²) in [6.45, 7) is 2.67. The summed E-state index contributed by atoms with van der Waals surface area (Å²) < 4.78 is 27.2. The quantitative estimate of drug-likeness (QED) is 0.525. The van der Waals surface area contributed by atoms with Gasteiger partial charge in [-0.15, -0.1) is 0 Å². The fourth-order valence-corrected chi connectivity index (χ4v) is 4.17. The predicted molar refractivity (Wildman–Crippen MR) is 108 cm³/mol. The van der Waals surface area contributed by atoms with Gasteiger partial charge in [0.25, 0.3) is 5.91 Å². The van der Waals surface area contributed by atoms with E-state index in [1.165, 1.54) is 19.2 Å². The second kappa shape index (κ2) is 8.03. The summed E-state index contributed by atoms with van der Waals surface area (Å²) in [5.74, 6) is -0.313. The van der Waals surface area contributed by atoms with Crippen molar-refractivity contribution < 1.29 is 13.2 Å². The van der Waals surface area contributed by atoms with E-state index in [1.807, 2.05) is 24.3 Å². The van der Waals surface area contributed by atoms with Gasteiger partial charge in [-0.1, -0.05) is 29.5 Å². The number of amides is 1. The van der Waals surface area contributed by atoms with E-state index in [2.05, 4.69) is 20.3 Å². The van der Waals surface area contributed by atoms with Crippen LogP contribution in [0.4, 0.5) is 5.13 Å². The van der Waals surface area contributed by atoms with Gasteiger partial charge in [0.2, 0.25) is 10.0 Å². The van der Waals surface area contributed by atoms with Crippen molar-refractivity contribution in [1.29, 1.82) is 0 Å². The van der Waals surface area contributed by atoms with Gasteiger partial charge in [-0.25, -0.2) is 18.1 Å². The Morgan fingerprint density at radius 3 is 2.67 bits per heavy atom. The van der Waals surface area contributed by atoms with Crippen molar-refractivity contribution in [1.82, 2.24) is 15.0 Å². The van der Waals surface area contributed by atoms with Crippen LogP contribution in [0.3, 0.4) is 0 Å². The van der Waals surface area contributed by atoms with Crippen LogP contribution in [0.15, 0.2) is 47.4 Å². The number of aromatic nitrogens is 1. The highest BCUT2D eigenvalue weighted by molar-refractivity contribution is 7.89. The summed E-state index contributed by atoms with van der Waals surface area (Å²) in [7, 11) is -2.26. The SMILES string of the molecule is CNS(=O)(=O)c1ccc(C)c(C(=O)NCCNc2nc3ccccc3s2)c1. The number of nitrogens with zero attached hydrogens (tertiary/aromatic N) is 1. The van der Waals surface area contributed by atoms with Crippen LogP contribution in [0, 0.1) is 6.92 Å². The van der Waals surface area contributed by atoms with Crippen LogP contribution < -0.4 is 15.4 Å². The molecule has 0 spiro atoms. The number of thiazole rings is 1. The lowest BCUT2D eigenvalue weighted by Crippen LogP contribution is -2.29. The Morgan fingerprint density at radius 1 is 1.15 bits per heavy atom. The van der Waals surface area contributed by atoms with E-state index in [0.717, 1.165) is 15.3 Å². The number of nitrogens with one attached hydrogen (secondary N) is 3. The number of fused-ring (bicyclic) bond motifs is 1. The maximum absolute atomic E-state index is 12.4. The van der Waals surface area contributed by atoms with Gasteiger partial charge < -0.3 is 10.6 Å². The third-order valence-corrected chi connectivity index (χ3v) is 6.42. The summed E-state index contributed by atoms with van der Waals surface area (Å²) in [5.41, 5.74) is 1.99. The smallest absolute Gasteiger partial charge is 0.251 e. The Hall–Kier alpha value is -2.49. The number of hydrogen-bond acceptors (Lipinski definition) is 6. The molecule has 3 rings (SSSR count). The number of carbonyl (C=O) groups excluding carboxylic acids is 1. The summed E-state index contributed by atoms with van der Waals surface area (Å²) in [4.78, 5) is 17.0. The molecule has 0 saturated carbocycles. The van der Waals surface area contributed by atoms with E-state index in [1.54, 1.807) is 24.3 Å². The van der Waals surface area contributed by atoms with Crippen molar-refractivity contribution in [2.45, 2.75) is 11.8 Å². The van der Waals surface area contributed by atoms with Crippen LogP contribution in [0.25, 0.3) is 10.2 Å². The Labute approximate surface area is 161 Å². The van der Waals surface area contributed by atoms with Crippen molar-refractivity contribution in [3.05, 3.63) is 53.6 Å². The van der Waals surface area contributed by atoms with Crippen molar-refractivity contribution in [3.63, 3.8) is 0 Å². The Morgan fingerprint density at radius 2 is 1.93 bits per heavy atom. The zero-order valence-electron chi connectivity index (χ0n) is 14.9. The van der Waals surface area contributed by atoms with E-state index in [0.29, 0.717) is 24.2 Å². The minimum Gasteiger partial charge on any atom is -0.360 e. The third-order valence-electron chi connectivity index (χ3n) is 4.01. The first kappa shape index (κ1) is 19.3. The molecule has 2 aromatic carbocycles. The minimum absolute atomic E-state index is 0.0633. The topological polar surface area (TPSA) is 100 Å². The summed E-state index contributed by atoms with van der Waals surface area (Å²) in [5, 5.41) is 6.78. The van der Waals surface area contributed by atoms with Gasteiger partial charge in [0, 0.05) is 18.7 Å². The van der Waals surface area contributed by atoms with E-state index in [9.17, 15) is 13.2 Å². The minimum atomic E-state index is -3.59. The number of para-hydroxylation sites is 1. The molecule has 0 aliphatic carbocycles. The molecule has 0 aliphatic rings. The van der Waals surface area contributed by atoms with Crippen molar-refractivity contribution in [2.24, 2.45) is 0 Å². The maximum atomic E-state index is 12.4. The molecule has 0 unspecified atom stereocenters. The van der Waals surface area contributed by atoms with Gasteiger partial charge in [-0.3, -0.25) is 4.79 Å². The highest BCUT2D eigenvalue weighted by atomic mass is 32.2. The molecule has 0 fully saturated rings. The summed E-state index contributed by atoms with van der Waals surface area (Å²) >= 11 is 1.55. The predicted octanol–water partition coefficient (Wildman–Crippen LogP) is 2.35. The largest absolute Gasteiger partial charge is 0.360 e. The Balaban J connectivity index is 1.60. The molecule has 0 atom stereocenters. The molecular weight excluding hydrogens is 384 g/mol. The average molecular weight is 405 g/mol. The summed E-state index contributed by atoms with van der Waals surface area (Å²) in [6, 6.07) is 12.4. The number of rotatable bonds is 7. The zero-order valence-corrected chi connectivity index (χ0v) is 16.6. The van der Waals surface area contributed by atoms with Gasteiger partial charge >= 0.3 is 0 Å². The lowest BCUT2D eigenvalue weighted by molar-refractivity contribution is 0.0954. The standard InChI is InChI=1S/C18H20N4O3S2/c1-12-7-8-13(27(24,25)19-2)11-14(12)17(23)20-9-10-21-18-22-15-5-3-4-6-16(15)26-18/h3-8,11,19H,9-10H2,1-2H3,(H,20,23)(H,21,22). The van der Waals surface area contributed by atoms with Gasteiger partial charge in [-0.2, -0.15) is 0 Å². The molecule has 1 heterocycles. The van der Waals surface area contributed by atoms with Gasteiger partial charge in [0.05, 0.1) is 15.1 Å². The average Bonchev–Trinajstić information content (AvgIpc) is 3.08. The monoisotopic (exact) mass is 404 g/mol. The highest BCUT2D eigenvalue weighted by Crippen LogP contribution is 2.25. The number of carbonyl (C=O) groups is 1. The van der Waals surface area contributed by atoms with Crippen molar-refractivity contribution in [2.75, 3.05) is 25.5 Å². The fraction of sp³-hybridized carbons (Fsp3) is 0.222. The number of sulfonamides is 1. The van der Waals surface area contributed by atoms with E-state index < -0.39 is 10.0 Å². The fourth-order valence-electron chi connectivity index (χ4n) is 2.52. The molecule has 3 N–H and O–H groups in total. The number of benzene rings is 2. The maximum Gasteiger partial charge on any atom is 0.251 e. The normalized spacial score (nSPS) is 11.5. The first-order valence-corrected chi connectivity index (χ1v) is 10.6. The van der Waals surface area contributed by atoms with E-state index in [4.69, 9.17) is 0 Å². The molecule has 1 aromatic heterocycles. The Bertz CT molecular complexity index is 1040. The molecule has 0 aliphatic heterocycles. The molecule has 0 radical (unpaired) electrons. The highest BCUT2D eigenvalue weighted by Gasteiger charge is 2.16. The second-order valence-electron chi connectivity index (χ2n) is 5.85. The molecule has 1 amide bonds. The van der Waals surface area contributed by atoms with Gasteiger partial charge in [0.15, 0.2) is 5.13 Å². The zero-order chi connectivity index (χ0) is 19.4. The van der Waals surface area contributed by atoms with Crippen molar-refractivity contribution in [3.8, 4) is 0 Å². The molecule has 9 heteroatoms. The lowest BCUT2D eigenvalue weighted by atomic mass is 10.1. The molecule has 3 aromatic rings. The first-order chi connectivity index (χ1) is 12.9. The van der Waals surface area contributed by atoms with Crippen LogP contribution in [0.2, 0.25) is 0 Å². The third kappa shape index (κ3) is 4.44. The number of anilines is 1. The van der Waals surface area contributed by atoms with Crippen LogP contribution >= 0.6 is 11.3 Å². The molecule has 0 saturated heterocycles. The lowest BCUT2D eigenvalue weighted by Gasteiger charge is -2.10. The number of aryl methyl sites for hydroxylation is 1. The van der Waals surface area contributed by atoms with Crippen LogP contribution in [0.5, 0.6) is 0 Å². The molecule has 0 bridgehead atoms. The van der Waals surface area contributed by atoms with Gasteiger partial charge in [0.1, 0.15) is 0 Å². The van der Waals surface area contributed by atoms with Crippen LogP contribution in [-0.2, 0) is 10.0 Å². The van der Waals surface area contributed by atoms with Gasteiger partial charge in [-0.05, 0) is 43.8 Å². The van der Waals surface area contributed by atoms with E-state index in [-0.39, 0.29) is 10.8 Å². The second-order valence-corrected chi connectivity index (χ2v) is 8.77. The number of hydrogen-bond donors (Lipinski definition) is 3. The van der Waals surface area contributed by atoms with Crippen molar-refractivity contribution >= 4 is 42.6 Å². The summed E-state index contributed by atoms with van der Waals surface area (Å²) in [6.07, 6.45) is 0. The molecule has 7 nitrogen and oxygen atoms in total. The molecule has 142 valence electrons. The molecule has 27 heavy (non-hydrogen) atoms. The van der Waals surface area contributed by atoms with Crippen LogP contribution in [-0.4, -0.2) is 39.4 Å².